The first-order chi connectivity index (χ1) is 12.5. The van der Waals surface area contributed by atoms with E-state index in [0.717, 1.165) is 5.56 Å². The lowest BCUT2D eigenvalue weighted by Gasteiger charge is -2.24. The van der Waals surface area contributed by atoms with Gasteiger partial charge in [-0.1, -0.05) is 54.1 Å². The molecule has 26 heavy (non-hydrogen) atoms. The number of halogens is 1. The van der Waals surface area contributed by atoms with Crippen LogP contribution in [-0.2, 0) is 19.1 Å². The third-order valence-corrected chi connectivity index (χ3v) is 4.40. The zero-order valence-corrected chi connectivity index (χ0v) is 15.0. The number of methoxy groups -OCH3 is 2. The van der Waals surface area contributed by atoms with Crippen molar-refractivity contribution in [3.05, 3.63) is 76.8 Å². The van der Waals surface area contributed by atoms with Crippen LogP contribution >= 0.6 is 11.6 Å². The molecule has 0 aliphatic carbocycles. The number of aliphatic imine (C=N–C) groups is 1. The summed E-state index contributed by atoms with van der Waals surface area (Å²) in [5.74, 6) is -1.60. The molecule has 0 saturated carbocycles. The van der Waals surface area contributed by atoms with E-state index in [4.69, 9.17) is 21.1 Å². The van der Waals surface area contributed by atoms with Crippen LogP contribution in [0.5, 0.6) is 0 Å². The number of esters is 2. The number of nitrogens with zero attached hydrogens (tertiary/aromatic N) is 1. The van der Waals surface area contributed by atoms with Gasteiger partial charge in [0.2, 0.25) is 0 Å². The van der Waals surface area contributed by atoms with Gasteiger partial charge in [-0.3, -0.25) is 4.99 Å². The molecule has 0 bridgehead atoms. The predicted molar refractivity (Wildman–Crippen MR) is 99.2 cm³/mol. The van der Waals surface area contributed by atoms with Crippen LogP contribution in [0.4, 0.5) is 0 Å². The van der Waals surface area contributed by atoms with Crippen LogP contribution < -0.4 is 0 Å². The van der Waals surface area contributed by atoms with E-state index < -0.39 is 17.5 Å². The van der Waals surface area contributed by atoms with Crippen molar-refractivity contribution < 1.29 is 19.1 Å². The fourth-order valence-corrected chi connectivity index (χ4v) is 3.01. The molecule has 1 aliphatic heterocycles. The summed E-state index contributed by atoms with van der Waals surface area (Å²) in [4.78, 5) is 29.8. The summed E-state index contributed by atoms with van der Waals surface area (Å²) >= 11 is 5.94. The number of carbonyl (C=O) groups is 2. The Balaban J connectivity index is 2.24. The summed E-state index contributed by atoms with van der Waals surface area (Å²) in [6.45, 7) is 0. The number of ether oxygens (including phenoxy) is 2. The van der Waals surface area contributed by atoms with E-state index in [1.54, 1.807) is 42.5 Å². The highest BCUT2D eigenvalue weighted by molar-refractivity contribution is 6.31. The fourth-order valence-electron chi connectivity index (χ4n) is 2.88. The lowest BCUT2D eigenvalue weighted by Crippen LogP contribution is -2.46. The average molecular weight is 370 g/mol. The normalized spacial score (nSPS) is 15.0. The van der Waals surface area contributed by atoms with Crippen LogP contribution in [0.25, 0.3) is 5.57 Å². The van der Waals surface area contributed by atoms with Gasteiger partial charge in [0.1, 0.15) is 0 Å². The van der Waals surface area contributed by atoms with Crippen molar-refractivity contribution in [3.8, 4) is 0 Å². The second kappa shape index (κ2) is 7.14. The second-order valence-electron chi connectivity index (χ2n) is 5.62. The minimum atomic E-state index is -1.90. The van der Waals surface area contributed by atoms with Crippen molar-refractivity contribution in [2.45, 2.75) is 5.54 Å². The molecular weight excluding hydrogens is 354 g/mol. The smallest absolute Gasteiger partial charge is 0.350 e. The molecule has 0 N–H and O–H groups in total. The zero-order chi connectivity index (χ0) is 18.7. The number of rotatable bonds is 4. The first-order valence-corrected chi connectivity index (χ1v) is 8.21. The van der Waals surface area contributed by atoms with E-state index in [0.29, 0.717) is 21.9 Å². The molecule has 0 aromatic heterocycles. The summed E-state index contributed by atoms with van der Waals surface area (Å²) in [5, 5.41) is 0.576. The van der Waals surface area contributed by atoms with Gasteiger partial charge in [-0.2, -0.15) is 0 Å². The first kappa shape index (κ1) is 17.9. The Morgan fingerprint density at radius 1 is 0.885 bits per heavy atom. The molecule has 2 aromatic carbocycles. The molecule has 0 fully saturated rings. The maximum atomic E-state index is 12.7. The molecule has 1 aliphatic rings. The van der Waals surface area contributed by atoms with Gasteiger partial charge in [0.05, 0.1) is 19.9 Å². The number of carbonyl (C=O) groups excluding carboxylic acids is 2. The molecular formula is C20H16ClNO4. The van der Waals surface area contributed by atoms with E-state index in [9.17, 15) is 9.59 Å². The van der Waals surface area contributed by atoms with Crippen molar-refractivity contribution >= 4 is 34.8 Å². The van der Waals surface area contributed by atoms with Gasteiger partial charge < -0.3 is 9.47 Å². The third-order valence-electron chi connectivity index (χ3n) is 4.15. The Morgan fingerprint density at radius 2 is 1.46 bits per heavy atom. The van der Waals surface area contributed by atoms with Gasteiger partial charge in [-0.15, -0.1) is 0 Å². The molecule has 0 unspecified atom stereocenters. The maximum Gasteiger partial charge on any atom is 0.350 e. The number of hydrogen-bond donors (Lipinski definition) is 0. The lowest BCUT2D eigenvalue weighted by molar-refractivity contribution is -0.157. The molecule has 3 rings (SSSR count). The molecule has 0 amide bonds. The Kier molecular flexibility index (Phi) is 4.91. The third kappa shape index (κ3) is 2.91. The standard InChI is InChI=1S/C20H16ClNO4/c1-25-18(23)20(19(24)26-2)16(13-6-4-3-5-7-13)12-17(22-20)14-8-10-15(21)11-9-14/h3-12H,1-2H3. The zero-order valence-electron chi connectivity index (χ0n) is 14.2. The SMILES string of the molecule is COC(=O)C1(C(=O)OC)N=C(c2ccc(Cl)cc2)C=C1c1ccccc1. The van der Waals surface area contributed by atoms with Crippen molar-refractivity contribution in [2.24, 2.45) is 4.99 Å². The van der Waals surface area contributed by atoms with E-state index in [1.807, 2.05) is 18.2 Å². The highest BCUT2D eigenvalue weighted by Crippen LogP contribution is 2.39. The van der Waals surface area contributed by atoms with E-state index >= 15 is 0 Å². The lowest BCUT2D eigenvalue weighted by atomic mass is 9.86. The number of benzene rings is 2. The minimum absolute atomic E-state index is 0.404. The van der Waals surface area contributed by atoms with Crippen molar-refractivity contribution in [2.75, 3.05) is 14.2 Å². The van der Waals surface area contributed by atoms with E-state index in [-0.39, 0.29) is 0 Å². The topological polar surface area (TPSA) is 65.0 Å². The number of hydrogen-bond acceptors (Lipinski definition) is 5. The molecule has 0 radical (unpaired) electrons. The van der Waals surface area contributed by atoms with Gasteiger partial charge in [0.25, 0.3) is 5.54 Å². The van der Waals surface area contributed by atoms with Gasteiger partial charge in [0.15, 0.2) is 0 Å². The van der Waals surface area contributed by atoms with Crippen molar-refractivity contribution in [1.29, 1.82) is 0 Å². The van der Waals surface area contributed by atoms with Crippen LogP contribution in [0.1, 0.15) is 11.1 Å². The van der Waals surface area contributed by atoms with Crippen molar-refractivity contribution in [1.82, 2.24) is 0 Å². The van der Waals surface area contributed by atoms with Gasteiger partial charge in [-0.25, -0.2) is 9.59 Å². The molecule has 6 heteroatoms. The van der Waals surface area contributed by atoms with Gasteiger partial charge in [-0.05, 0) is 29.3 Å². The first-order valence-electron chi connectivity index (χ1n) is 7.83. The molecule has 132 valence electrons. The summed E-state index contributed by atoms with van der Waals surface area (Å²) < 4.78 is 9.81. The highest BCUT2D eigenvalue weighted by atomic mass is 35.5. The van der Waals surface area contributed by atoms with Crippen LogP contribution in [-0.4, -0.2) is 37.4 Å². The van der Waals surface area contributed by atoms with Crippen LogP contribution in [0.2, 0.25) is 5.02 Å². The molecule has 5 nitrogen and oxygen atoms in total. The van der Waals surface area contributed by atoms with Crippen LogP contribution in [0.15, 0.2) is 65.7 Å². The summed E-state index contributed by atoms with van der Waals surface area (Å²) in [7, 11) is 2.43. The molecule has 0 atom stereocenters. The minimum Gasteiger partial charge on any atom is -0.467 e. The molecule has 2 aromatic rings. The highest BCUT2D eigenvalue weighted by Gasteiger charge is 2.55. The summed E-state index contributed by atoms with van der Waals surface area (Å²) in [5.41, 5.74) is 0.367. The Morgan fingerprint density at radius 3 is 2.00 bits per heavy atom. The van der Waals surface area contributed by atoms with E-state index in [2.05, 4.69) is 4.99 Å². The molecule has 1 heterocycles. The second-order valence-corrected chi connectivity index (χ2v) is 6.06. The van der Waals surface area contributed by atoms with Crippen LogP contribution in [0, 0.1) is 0 Å². The monoisotopic (exact) mass is 369 g/mol. The Labute approximate surface area is 155 Å². The largest absolute Gasteiger partial charge is 0.467 e. The summed E-state index contributed by atoms with van der Waals surface area (Å²) in [6.07, 6.45) is 1.70. The van der Waals surface area contributed by atoms with E-state index in [1.165, 1.54) is 14.2 Å². The molecule has 0 spiro atoms. The van der Waals surface area contributed by atoms with Crippen LogP contribution in [0.3, 0.4) is 0 Å². The van der Waals surface area contributed by atoms with Gasteiger partial charge >= 0.3 is 11.9 Å². The van der Waals surface area contributed by atoms with Crippen molar-refractivity contribution in [3.63, 3.8) is 0 Å². The fraction of sp³-hybridized carbons (Fsp3) is 0.150. The maximum absolute atomic E-state index is 12.7. The average Bonchev–Trinajstić information content (AvgIpc) is 3.09. The quantitative estimate of drug-likeness (QED) is 0.612. The number of allylic oxidation sites excluding steroid dienone is 1. The summed E-state index contributed by atoms with van der Waals surface area (Å²) in [6, 6.07) is 16.0. The predicted octanol–water partition coefficient (Wildman–Crippen LogP) is 3.31. The molecule has 0 saturated heterocycles. The van der Waals surface area contributed by atoms with Gasteiger partial charge in [0, 0.05) is 10.6 Å². The Bertz CT molecular complexity index is 885. The Hall–Kier alpha value is -2.92.